The minimum atomic E-state index is -3.67. The predicted molar refractivity (Wildman–Crippen MR) is 89.4 cm³/mol. The van der Waals surface area contributed by atoms with Crippen LogP contribution >= 0.6 is 0 Å². The van der Waals surface area contributed by atoms with E-state index in [-0.39, 0.29) is 50.1 Å². The number of carbonyl (C=O) groups is 1. The molecular weight excluding hydrogens is 372 g/mol. The summed E-state index contributed by atoms with van der Waals surface area (Å²) in [5.74, 6) is 0.462. The zero-order valence-corrected chi connectivity index (χ0v) is 15.3. The Morgan fingerprint density at radius 1 is 1.32 bits per heavy atom. The number of anilines is 1. The van der Waals surface area contributed by atoms with Gasteiger partial charge in [-0.1, -0.05) is 5.16 Å². The zero-order valence-electron chi connectivity index (χ0n) is 13.7. The average Bonchev–Trinajstić information content (AvgIpc) is 3.13. The number of aryl methyl sites for hydroxylation is 1. The van der Waals surface area contributed by atoms with Crippen molar-refractivity contribution >= 4 is 31.7 Å². The van der Waals surface area contributed by atoms with Crippen LogP contribution in [0.1, 0.15) is 12.2 Å². The lowest BCUT2D eigenvalue weighted by molar-refractivity contribution is 0.184. The molecule has 1 N–H and O–H groups in total. The summed E-state index contributed by atoms with van der Waals surface area (Å²) in [6.07, 6.45) is 0.136. The van der Waals surface area contributed by atoms with E-state index in [4.69, 9.17) is 4.52 Å². The van der Waals surface area contributed by atoms with Crippen molar-refractivity contribution in [2.45, 2.75) is 18.6 Å². The molecule has 1 aromatic rings. The molecule has 3 heterocycles. The minimum Gasteiger partial charge on any atom is -0.360 e. The number of urea groups is 1. The van der Waals surface area contributed by atoms with Crippen molar-refractivity contribution in [2.75, 3.05) is 43.0 Å². The van der Waals surface area contributed by atoms with Gasteiger partial charge >= 0.3 is 6.03 Å². The number of nitrogens with one attached hydrogen (secondary N) is 1. The molecule has 0 radical (unpaired) electrons. The third kappa shape index (κ3) is 3.96. The number of hydrogen-bond acceptors (Lipinski definition) is 7. The van der Waals surface area contributed by atoms with Gasteiger partial charge in [-0.05, 0) is 13.3 Å². The van der Waals surface area contributed by atoms with Gasteiger partial charge in [-0.2, -0.15) is 4.31 Å². The summed E-state index contributed by atoms with van der Waals surface area (Å²) in [6.45, 7) is 2.44. The second kappa shape index (κ2) is 6.57. The largest absolute Gasteiger partial charge is 0.360 e. The normalized spacial score (nSPS) is 24.4. The SMILES string of the molecule is Cc1cc(NC(=O)N2CCN(S(=O)(=O)[C@@H]3CCS(=O)(=O)C3)CC2)no1. The molecule has 3 rings (SSSR count). The lowest BCUT2D eigenvalue weighted by atomic mass is 10.4. The molecule has 10 nitrogen and oxygen atoms in total. The van der Waals surface area contributed by atoms with Crippen LogP contribution in [0.4, 0.5) is 10.6 Å². The number of amides is 2. The first-order valence-electron chi connectivity index (χ1n) is 7.86. The molecule has 0 aromatic carbocycles. The van der Waals surface area contributed by atoms with Crippen LogP contribution in [0.15, 0.2) is 10.6 Å². The zero-order chi connectivity index (χ0) is 18.2. The minimum absolute atomic E-state index is 0.0869. The second-order valence-corrected chi connectivity index (χ2v) is 10.7. The summed E-state index contributed by atoms with van der Waals surface area (Å²) in [5.41, 5.74) is 0. The molecule has 0 spiro atoms. The van der Waals surface area contributed by atoms with Crippen LogP contribution in [-0.2, 0) is 19.9 Å². The lowest BCUT2D eigenvalue weighted by Gasteiger charge is -2.34. The molecule has 2 aliphatic heterocycles. The highest BCUT2D eigenvalue weighted by molar-refractivity contribution is 7.95. The quantitative estimate of drug-likeness (QED) is 0.744. The molecule has 0 saturated carbocycles. The Balaban J connectivity index is 1.57. The van der Waals surface area contributed by atoms with Crippen molar-refractivity contribution in [1.82, 2.24) is 14.4 Å². The van der Waals surface area contributed by atoms with Crippen LogP contribution in [-0.4, -0.2) is 80.2 Å². The summed E-state index contributed by atoms with van der Waals surface area (Å²) in [6, 6.07) is 1.20. The Morgan fingerprint density at radius 2 is 2.00 bits per heavy atom. The molecule has 12 heteroatoms. The van der Waals surface area contributed by atoms with Crippen molar-refractivity contribution in [3.63, 3.8) is 0 Å². The molecule has 25 heavy (non-hydrogen) atoms. The summed E-state index contributed by atoms with van der Waals surface area (Å²) in [4.78, 5) is 13.6. The fourth-order valence-electron chi connectivity index (χ4n) is 2.97. The molecular formula is C13H20N4O6S2. The monoisotopic (exact) mass is 392 g/mol. The van der Waals surface area contributed by atoms with Gasteiger partial charge in [0.2, 0.25) is 10.0 Å². The van der Waals surface area contributed by atoms with Crippen LogP contribution in [0.25, 0.3) is 0 Å². The molecule has 2 amide bonds. The molecule has 2 saturated heterocycles. The van der Waals surface area contributed by atoms with E-state index in [0.717, 1.165) is 0 Å². The van der Waals surface area contributed by atoms with Gasteiger partial charge in [0.05, 0.1) is 16.8 Å². The predicted octanol–water partition coefficient (Wildman–Crippen LogP) is -0.351. The first kappa shape index (κ1) is 18.1. The summed E-state index contributed by atoms with van der Waals surface area (Å²) in [5, 5.41) is 5.38. The highest BCUT2D eigenvalue weighted by atomic mass is 32.2. The van der Waals surface area contributed by atoms with Crippen LogP contribution in [0.5, 0.6) is 0 Å². The van der Waals surface area contributed by atoms with E-state index in [1.54, 1.807) is 13.0 Å². The number of hydrogen-bond donors (Lipinski definition) is 1. The Bertz CT molecular complexity index is 855. The van der Waals surface area contributed by atoms with Gasteiger partial charge in [0.1, 0.15) is 5.76 Å². The van der Waals surface area contributed by atoms with Crippen LogP contribution in [0, 0.1) is 6.92 Å². The number of aromatic nitrogens is 1. The molecule has 0 aliphatic carbocycles. The average molecular weight is 392 g/mol. The number of rotatable bonds is 3. The topological polar surface area (TPSA) is 130 Å². The van der Waals surface area contributed by atoms with Crippen LogP contribution in [0.2, 0.25) is 0 Å². The van der Waals surface area contributed by atoms with Gasteiger partial charge in [0.15, 0.2) is 15.7 Å². The standard InChI is InChI=1S/C13H20N4O6S2/c1-10-8-12(15-23-10)14-13(18)16-3-5-17(6-4-16)25(21,22)11-2-7-24(19,20)9-11/h8,11H,2-7,9H2,1H3,(H,14,15,18)/t11-/m1/s1. The second-order valence-electron chi connectivity index (χ2n) is 6.21. The summed E-state index contributed by atoms with van der Waals surface area (Å²) in [7, 11) is -6.94. The third-order valence-electron chi connectivity index (χ3n) is 4.36. The number of piperazine rings is 1. The van der Waals surface area contributed by atoms with Gasteiger partial charge < -0.3 is 9.42 Å². The highest BCUT2D eigenvalue weighted by Gasteiger charge is 2.41. The molecule has 2 fully saturated rings. The smallest absolute Gasteiger partial charge is 0.323 e. The number of carbonyl (C=O) groups excluding carboxylic acids is 1. The third-order valence-corrected chi connectivity index (χ3v) is 8.67. The molecule has 0 bridgehead atoms. The van der Waals surface area contributed by atoms with E-state index in [0.29, 0.717) is 11.6 Å². The molecule has 1 aromatic heterocycles. The Kier molecular flexibility index (Phi) is 4.77. The fraction of sp³-hybridized carbons (Fsp3) is 0.692. The van der Waals surface area contributed by atoms with E-state index >= 15 is 0 Å². The van der Waals surface area contributed by atoms with Crippen molar-refractivity contribution in [1.29, 1.82) is 0 Å². The summed E-state index contributed by atoms with van der Waals surface area (Å²) < 4.78 is 54.3. The number of nitrogens with zero attached hydrogens (tertiary/aromatic N) is 3. The van der Waals surface area contributed by atoms with Gasteiger partial charge in [-0.3, -0.25) is 5.32 Å². The maximum Gasteiger partial charge on any atom is 0.323 e. The van der Waals surface area contributed by atoms with Crippen molar-refractivity contribution in [3.05, 3.63) is 11.8 Å². The molecule has 0 unspecified atom stereocenters. The Hall–Kier alpha value is -1.66. The molecule has 1 atom stereocenters. The van der Waals surface area contributed by atoms with Gasteiger partial charge in [-0.25, -0.2) is 21.6 Å². The van der Waals surface area contributed by atoms with Crippen molar-refractivity contribution < 1.29 is 26.2 Å². The first-order chi connectivity index (χ1) is 11.7. The number of sulfone groups is 1. The van der Waals surface area contributed by atoms with Gasteiger partial charge in [0, 0.05) is 32.2 Å². The first-order valence-corrected chi connectivity index (χ1v) is 11.2. The van der Waals surface area contributed by atoms with Crippen LogP contribution < -0.4 is 5.32 Å². The van der Waals surface area contributed by atoms with E-state index in [1.807, 2.05) is 0 Å². The fourth-order valence-corrected chi connectivity index (χ4v) is 7.48. The Morgan fingerprint density at radius 3 is 2.52 bits per heavy atom. The highest BCUT2D eigenvalue weighted by Crippen LogP contribution is 2.23. The van der Waals surface area contributed by atoms with E-state index in [1.165, 1.54) is 9.21 Å². The van der Waals surface area contributed by atoms with Crippen LogP contribution in [0.3, 0.4) is 0 Å². The van der Waals surface area contributed by atoms with Crippen molar-refractivity contribution in [3.8, 4) is 0 Å². The summed E-state index contributed by atoms with van der Waals surface area (Å²) >= 11 is 0. The van der Waals surface area contributed by atoms with E-state index < -0.39 is 25.1 Å². The maximum atomic E-state index is 12.6. The maximum absolute atomic E-state index is 12.6. The molecule has 2 aliphatic rings. The van der Waals surface area contributed by atoms with E-state index in [2.05, 4.69) is 10.5 Å². The molecule has 140 valence electrons. The number of sulfonamides is 1. The Labute approximate surface area is 146 Å². The van der Waals surface area contributed by atoms with E-state index in [9.17, 15) is 21.6 Å². The van der Waals surface area contributed by atoms with Gasteiger partial charge in [0.25, 0.3) is 0 Å². The van der Waals surface area contributed by atoms with Gasteiger partial charge in [-0.15, -0.1) is 0 Å². The lowest BCUT2D eigenvalue weighted by Crippen LogP contribution is -2.53. The van der Waals surface area contributed by atoms with Crippen molar-refractivity contribution in [2.24, 2.45) is 0 Å².